The van der Waals surface area contributed by atoms with Crippen LogP contribution >= 0.6 is 11.8 Å². The molecular weight excluding hydrogens is 240 g/mol. The van der Waals surface area contributed by atoms with E-state index in [1.807, 2.05) is 11.8 Å². The van der Waals surface area contributed by atoms with Gasteiger partial charge in [0.25, 0.3) is 0 Å². The third kappa shape index (κ3) is 6.41. The Morgan fingerprint density at radius 2 is 2.00 bits per heavy atom. The number of carboxylic acid groups (broad SMARTS) is 1. The maximum absolute atomic E-state index is 11.5. The van der Waals surface area contributed by atoms with Crippen LogP contribution in [0.2, 0.25) is 0 Å². The van der Waals surface area contributed by atoms with Gasteiger partial charge in [0.05, 0.1) is 0 Å². The van der Waals surface area contributed by atoms with Crippen LogP contribution in [0.3, 0.4) is 0 Å². The van der Waals surface area contributed by atoms with E-state index in [2.05, 4.69) is 17.6 Å². The van der Waals surface area contributed by atoms with Crippen molar-refractivity contribution >= 4 is 23.8 Å². The third-order valence-corrected chi connectivity index (χ3v) is 3.51. The second kappa shape index (κ2) is 8.22. The lowest BCUT2D eigenvalue weighted by Crippen LogP contribution is -2.54. The number of thioether (sulfide) groups is 1. The lowest BCUT2D eigenvalue weighted by molar-refractivity contribution is -0.143. The normalized spacial score (nSPS) is 13.8. The van der Waals surface area contributed by atoms with Crippen molar-refractivity contribution in [1.29, 1.82) is 0 Å². The van der Waals surface area contributed by atoms with E-state index in [0.717, 1.165) is 17.9 Å². The Morgan fingerprint density at radius 3 is 2.47 bits per heavy atom. The van der Waals surface area contributed by atoms with E-state index < -0.39 is 17.5 Å². The lowest BCUT2D eigenvalue weighted by atomic mass is 10.00. The molecule has 2 amide bonds. The minimum Gasteiger partial charge on any atom is -0.480 e. The molecular formula is C11H22N2O3S. The van der Waals surface area contributed by atoms with Crippen LogP contribution in [0.5, 0.6) is 0 Å². The maximum atomic E-state index is 11.5. The van der Waals surface area contributed by atoms with Crippen molar-refractivity contribution in [3.05, 3.63) is 0 Å². The van der Waals surface area contributed by atoms with E-state index >= 15 is 0 Å². The van der Waals surface area contributed by atoms with Crippen LogP contribution < -0.4 is 10.6 Å². The maximum Gasteiger partial charge on any atom is 0.329 e. The summed E-state index contributed by atoms with van der Waals surface area (Å²) in [6, 6.07) is -0.418. The van der Waals surface area contributed by atoms with Crippen molar-refractivity contribution in [2.45, 2.75) is 39.2 Å². The van der Waals surface area contributed by atoms with Crippen LogP contribution in [0.4, 0.5) is 4.79 Å². The SMILES string of the molecule is CCSCCCNC(=O)NC(C)(CC)C(=O)O. The van der Waals surface area contributed by atoms with Gasteiger partial charge < -0.3 is 15.7 Å². The summed E-state index contributed by atoms with van der Waals surface area (Å²) >= 11 is 1.82. The summed E-state index contributed by atoms with van der Waals surface area (Å²) in [5.41, 5.74) is -1.19. The molecule has 1 unspecified atom stereocenters. The summed E-state index contributed by atoms with van der Waals surface area (Å²) in [7, 11) is 0. The molecule has 6 heteroatoms. The van der Waals surface area contributed by atoms with Gasteiger partial charge in [-0.3, -0.25) is 0 Å². The van der Waals surface area contributed by atoms with Gasteiger partial charge in [0.1, 0.15) is 5.54 Å². The first-order chi connectivity index (χ1) is 7.96. The summed E-state index contributed by atoms with van der Waals surface area (Å²) in [6.45, 7) is 5.89. The molecule has 1 atom stereocenters. The Kier molecular flexibility index (Phi) is 7.78. The highest BCUT2D eigenvalue weighted by molar-refractivity contribution is 7.99. The number of hydrogen-bond donors (Lipinski definition) is 3. The summed E-state index contributed by atoms with van der Waals surface area (Å²) in [5, 5.41) is 14.1. The summed E-state index contributed by atoms with van der Waals surface area (Å²) in [4.78, 5) is 22.4. The van der Waals surface area contributed by atoms with Crippen LogP contribution in [0.1, 0.15) is 33.6 Å². The van der Waals surface area contributed by atoms with Crippen molar-refractivity contribution in [3.8, 4) is 0 Å². The molecule has 0 rings (SSSR count). The molecule has 0 aliphatic heterocycles. The Hall–Kier alpha value is -0.910. The largest absolute Gasteiger partial charge is 0.480 e. The van der Waals surface area contributed by atoms with E-state index in [-0.39, 0.29) is 0 Å². The van der Waals surface area contributed by atoms with Crippen molar-refractivity contribution in [3.63, 3.8) is 0 Å². The fourth-order valence-electron chi connectivity index (χ4n) is 1.11. The van der Waals surface area contributed by atoms with Crippen LogP contribution in [0, 0.1) is 0 Å². The van der Waals surface area contributed by atoms with Gasteiger partial charge in [-0.2, -0.15) is 11.8 Å². The van der Waals surface area contributed by atoms with Crippen LogP contribution in [0.15, 0.2) is 0 Å². The van der Waals surface area contributed by atoms with E-state index in [0.29, 0.717) is 13.0 Å². The Morgan fingerprint density at radius 1 is 1.35 bits per heavy atom. The molecule has 0 aromatic carbocycles. The van der Waals surface area contributed by atoms with Gasteiger partial charge in [-0.15, -0.1) is 0 Å². The molecule has 5 nitrogen and oxygen atoms in total. The van der Waals surface area contributed by atoms with Crippen molar-refractivity contribution in [2.24, 2.45) is 0 Å². The molecule has 0 aromatic rings. The first kappa shape index (κ1) is 16.1. The van der Waals surface area contributed by atoms with Crippen LogP contribution in [-0.4, -0.2) is 40.7 Å². The molecule has 3 N–H and O–H groups in total. The summed E-state index contributed by atoms with van der Waals surface area (Å²) in [6.07, 6.45) is 1.24. The molecule has 0 aromatic heterocycles. The molecule has 100 valence electrons. The molecule has 0 spiro atoms. The van der Waals surface area contributed by atoms with Crippen LogP contribution in [0.25, 0.3) is 0 Å². The smallest absolute Gasteiger partial charge is 0.329 e. The number of carboxylic acids is 1. The number of hydrogen-bond acceptors (Lipinski definition) is 3. The first-order valence-electron chi connectivity index (χ1n) is 5.83. The minimum absolute atomic E-state index is 0.349. The van der Waals surface area contributed by atoms with E-state index in [9.17, 15) is 9.59 Å². The second-order valence-corrected chi connectivity index (χ2v) is 5.32. The minimum atomic E-state index is -1.19. The monoisotopic (exact) mass is 262 g/mol. The quantitative estimate of drug-likeness (QED) is 0.582. The van der Waals surface area contributed by atoms with E-state index in [4.69, 9.17) is 5.11 Å². The highest BCUT2D eigenvalue weighted by Crippen LogP contribution is 2.08. The molecule has 0 bridgehead atoms. The number of urea groups is 1. The number of nitrogens with one attached hydrogen (secondary N) is 2. The zero-order valence-electron chi connectivity index (χ0n) is 10.7. The predicted octanol–water partition coefficient (Wildman–Crippen LogP) is 1.68. The first-order valence-corrected chi connectivity index (χ1v) is 6.99. The molecule has 0 aliphatic rings. The van der Waals surface area contributed by atoms with E-state index in [1.165, 1.54) is 6.92 Å². The second-order valence-electron chi connectivity index (χ2n) is 3.92. The average Bonchev–Trinajstić information content (AvgIpc) is 2.28. The Balaban J connectivity index is 3.88. The third-order valence-electron chi connectivity index (χ3n) is 2.52. The van der Waals surface area contributed by atoms with Gasteiger partial charge in [0.15, 0.2) is 0 Å². The molecule has 0 fully saturated rings. The molecule has 0 saturated heterocycles. The highest BCUT2D eigenvalue weighted by Gasteiger charge is 2.32. The molecule has 0 radical (unpaired) electrons. The zero-order valence-corrected chi connectivity index (χ0v) is 11.5. The fraction of sp³-hybridized carbons (Fsp3) is 0.818. The number of carbonyl (C=O) groups is 2. The van der Waals surface area contributed by atoms with Gasteiger partial charge >= 0.3 is 12.0 Å². The van der Waals surface area contributed by atoms with Crippen molar-refractivity contribution in [1.82, 2.24) is 10.6 Å². The Labute approximate surface area is 107 Å². The summed E-state index contributed by atoms with van der Waals surface area (Å²) in [5.74, 6) is 1.05. The molecule has 0 saturated carbocycles. The average molecular weight is 262 g/mol. The Bertz CT molecular complexity index is 261. The van der Waals surface area contributed by atoms with Crippen LogP contribution in [-0.2, 0) is 4.79 Å². The predicted molar refractivity (Wildman–Crippen MR) is 70.5 cm³/mol. The molecule has 17 heavy (non-hydrogen) atoms. The van der Waals surface area contributed by atoms with Gasteiger partial charge in [0.2, 0.25) is 0 Å². The highest BCUT2D eigenvalue weighted by atomic mass is 32.2. The van der Waals surface area contributed by atoms with Gasteiger partial charge in [-0.25, -0.2) is 9.59 Å². The van der Waals surface area contributed by atoms with Gasteiger partial charge in [-0.1, -0.05) is 13.8 Å². The lowest BCUT2D eigenvalue weighted by Gasteiger charge is -2.24. The zero-order chi connectivity index (χ0) is 13.3. The number of amides is 2. The summed E-state index contributed by atoms with van der Waals surface area (Å²) < 4.78 is 0. The van der Waals surface area contributed by atoms with Gasteiger partial charge in [-0.05, 0) is 31.3 Å². The molecule has 0 heterocycles. The standard InChI is InChI=1S/C11H22N2O3S/c1-4-11(3,9(14)15)13-10(16)12-7-6-8-17-5-2/h4-8H2,1-3H3,(H,14,15)(H2,12,13,16). The molecule has 0 aliphatic carbocycles. The fourth-order valence-corrected chi connectivity index (χ4v) is 1.75. The van der Waals surface area contributed by atoms with Crippen molar-refractivity contribution < 1.29 is 14.7 Å². The van der Waals surface area contributed by atoms with Gasteiger partial charge in [0, 0.05) is 6.54 Å². The van der Waals surface area contributed by atoms with Crippen molar-refractivity contribution in [2.75, 3.05) is 18.1 Å². The number of carbonyl (C=O) groups excluding carboxylic acids is 1. The van der Waals surface area contributed by atoms with E-state index in [1.54, 1.807) is 6.92 Å². The topological polar surface area (TPSA) is 78.4 Å². The number of aliphatic carboxylic acids is 1. The number of rotatable bonds is 8.